The number of esters is 1. The molecule has 4 amide bonds. The van der Waals surface area contributed by atoms with Crippen LogP contribution in [0.3, 0.4) is 0 Å². The summed E-state index contributed by atoms with van der Waals surface area (Å²) in [6.45, 7) is -0.420. The molecule has 0 aromatic heterocycles. The van der Waals surface area contributed by atoms with Gasteiger partial charge in [-0.15, -0.1) is 0 Å². The maximum absolute atomic E-state index is 13.0. The highest BCUT2D eigenvalue weighted by Crippen LogP contribution is 2.39. The largest absolute Gasteiger partial charge is 0.497 e. The van der Waals surface area contributed by atoms with Crippen molar-refractivity contribution in [2.24, 2.45) is 0 Å². The molecule has 0 atom stereocenters. The third-order valence-electron chi connectivity index (χ3n) is 5.69. The SMILES string of the molecule is COC(=O)c1cc(OC)ccc1NC(=O)CN1C(=O)N(C)C2(CCCCC2)C1=O. The number of carbonyl (C=O) groups excluding carboxylic acids is 4. The molecule has 1 spiro atoms. The van der Waals surface area contributed by atoms with Crippen LogP contribution in [0.1, 0.15) is 42.5 Å². The summed E-state index contributed by atoms with van der Waals surface area (Å²) >= 11 is 0. The molecule has 9 heteroatoms. The maximum atomic E-state index is 13.0. The highest BCUT2D eigenvalue weighted by molar-refractivity contribution is 6.10. The Morgan fingerprint density at radius 1 is 1.14 bits per heavy atom. The van der Waals surface area contributed by atoms with Gasteiger partial charge in [0, 0.05) is 7.05 Å². The number of ether oxygens (including phenoxy) is 2. The summed E-state index contributed by atoms with van der Waals surface area (Å²) in [7, 11) is 4.30. The molecule has 1 aliphatic carbocycles. The fourth-order valence-electron chi connectivity index (χ4n) is 4.04. The van der Waals surface area contributed by atoms with Gasteiger partial charge in [-0.3, -0.25) is 14.5 Å². The summed E-state index contributed by atoms with van der Waals surface area (Å²) in [5.41, 5.74) is -0.519. The van der Waals surface area contributed by atoms with Crippen LogP contribution in [0.4, 0.5) is 10.5 Å². The quantitative estimate of drug-likeness (QED) is 0.596. The zero-order valence-electron chi connectivity index (χ0n) is 16.8. The number of benzene rings is 1. The summed E-state index contributed by atoms with van der Waals surface area (Å²) in [6, 6.07) is 4.05. The molecule has 29 heavy (non-hydrogen) atoms. The third-order valence-corrected chi connectivity index (χ3v) is 5.69. The van der Waals surface area contributed by atoms with Gasteiger partial charge in [0.25, 0.3) is 5.91 Å². The van der Waals surface area contributed by atoms with Gasteiger partial charge in [0.05, 0.1) is 25.5 Å². The van der Waals surface area contributed by atoms with Gasteiger partial charge < -0.3 is 19.7 Å². The molecule has 1 N–H and O–H groups in total. The smallest absolute Gasteiger partial charge is 0.340 e. The first-order valence-electron chi connectivity index (χ1n) is 9.50. The fraction of sp³-hybridized carbons (Fsp3) is 0.500. The molecule has 1 saturated carbocycles. The molecule has 9 nitrogen and oxygen atoms in total. The van der Waals surface area contributed by atoms with Crippen molar-refractivity contribution in [2.75, 3.05) is 33.1 Å². The van der Waals surface area contributed by atoms with Gasteiger partial charge >= 0.3 is 12.0 Å². The fourth-order valence-corrected chi connectivity index (χ4v) is 4.04. The Morgan fingerprint density at radius 3 is 2.45 bits per heavy atom. The van der Waals surface area contributed by atoms with Crippen LogP contribution in [0.15, 0.2) is 18.2 Å². The van der Waals surface area contributed by atoms with E-state index in [4.69, 9.17) is 9.47 Å². The van der Waals surface area contributed by atoms with Crippen LogP contribution < -0.4 is 10.1 Å². The maximum Gasteiger partial charge on any atom is 0.340 e. The first-order valence-corrected chi connectivity index (χ1v) is 9.50. The molecule has 1 saturated heterocycles. The average molecular weight is 403 g/mol. The number of hydrogen-bond acceptors (Lipinski definition) is 6. The van der Waals surface area contributed by atoms with Crippen molar-refractivity contribution in [3.63, 3.8) is 0 Å². The van der Waals surface area contributed by atoms with Gasteiger partial charge in [0.1, 0.15) is 17.8 Å². The lowest BCUT2D eigenvalue weighted by molar-refractivity contribution is -0.136. The van der Waals surface area contributed by atoms with E-state index in [9.17, 15) is 19.2 Å². The highest BCUT2D eigenvalue weighted by atomic mass is 16.5. The lowest BCUT2D eigenvalue weighted by Gasteiger charge is -2.35. The second-order valence-electron chi connectivity index (χ2n) is 7.28. The first kappa shape index (κ1) is 20.6. The Hall–Kier alpha value is -3.10. The second kappa shape index (κ2) is 8.10. The van der Waals surface area contributed by atoms with Crippen molar-refractivity contribution < 1.29 is 28.7 Å². The van der Waals surface area contributed by atoms with Gasteiger partial charge in [-0.2, -0.15) is 0 Å². The lowest BCUT2D eigenvalue weighted by Crippen LogP contribution is -2.49. The summed E-state index contributed by atoms with van der Waals surface area (Å²) in [5, 5.41) is 2.59. The Bertz CT molecular complexity index is 847. The number of rotatable bonds is 5. The number of amides is 4. The highest BCUT2D eigenvalue weighted by Gasteiger charge is 2.55. The average Bonchev–Trinajstić information content (AvgIpc) is 2.90. The zero-order valence-corrected chi connectivity index (χ0v) is 16.8. The van der Waals surface area contributed by atoms with Gasteiger partial charge in [0.2, 0.25) is 5.91 Å². The van der Waals surface area contributed by atoms with E-state index < -0.39 is 30.0 Å². The Balaban J connectivity index is 1.77. The Morgan fingerprint density at radius 2 is 1.83 bits per heavy atom. The monoisotopic (exact) mass is 403 g/mol. The third kappa shape index (κ3) is 3.64. The number of hydrogen-bond donors (Lipinski definition) is 1. The van der Waals surface area contributed by atoms with E-state index in [1.807, 2.05) is 0 Å². The number of likely N-dealkylation sites (N-methyl/N-ethyl adjacent to an activating group) is 1. The number of nitrogens with zero attached hydrogens (tertiary/aromatic N) is 2. The summed E-state index contributed by atoms with van der Waals surface area (Å²) < 4.78 is 9.84. The van der Waals surface area contributed by atoms with Crippen molar-refractivity contribution in [1.82, 2.24) is 9.80 Å². The van der Waals surface area contributed by atoms with Crippen molar-refractivity contribution >= 4 is 29.5 Å². The van der Waals surface area contributed by atoms with Crippen molar-refractivity contribution in [1.29, 1.82) is 0 Å². The second-order valence-corrected chi connectivity index (χ2v) is 7.28. The normalized spacial score (nSPS) is 18.2. The minimum absolute atomic E-state index is 0.111. The predicted octanol–water partition coefficient (Wildman–Crippen LogP) is 2.02. The van der Waals surface area contributed by atoms with Crippen molar-refractivity contribution in [3.8, 4) is 5.75 Å². The van der Waals surface area contributed by atoms with Crippen LogP contribution >= 0.6 is 0 Å². The molecule has 2 aliphatic rings. The molecule has 1 aromatic rings. The lowest BCUT2D eigenvalue weighted by atomic mass is 9.81. The van der Waals surface area contributed by atoms with E-state index in [0.717, 1.165) is 24.2 Å². The topological polar surface area (TPSA) is 105 Å². The molecule has 0 radical (unpaired) electrons. The molecule has 2 fully saturated rings. The summed E-state index contributed by atoms with van der Waals surface area (Å²) in [4.78, 5) is 52.7. The minimum Gasteiger partial charge on any atom is -0.497 e. The molecule has 1 aliphatic heterocycles. The minimum atomic E-state index is -0.840. The molecule has 1 heterocycles. The molecule has 1 aromatic carbocycles. The van der Waals surface area contributed by atoms with Crippen LogP contribution in [0.25, 0.3) is 0 Å². The number of urea groups is 1. The number of nitrogens with one attached hydrogen (secondary N) is 1. The zero-order chi connectivity index (χ0) is 21.2. The van der Waals surface area contributed by atoms with Crippen LogP contribution in [0.5, 0.6) is 5.75 Å². The number of methoxy groups -OCH3 is 2. The Labute approximate surface area is 168 Å². The summed E-state index contributed by atoms with van der Waals surface area (Å²) in [5.74, 6) is -1.13. The summed E-state index contributed by atoms with van der Waals surface area (Å²) in [6.07, 6.45) is 4.00. The standard InChI is InChI=1S/C20H25N3O6/c1-22-19(27)23(18(26)20(22)9-5-4-6-10-20)12-16(24)21-15-8-7-13(28-2)11-14(15)17(25)29-3/h7-8,11H,4-6,9-10,12H2,1-3H3,(H,21,24). The van der Waals surface area contributed by atoms with Crippen LogP contribution in [0.2, 0.25) is 0 Å². The molecule has 156 valence electrons. The van der Waals surface area contributed by atoms with E-state index >= 15 is 0 Å². The van der Waals surface area contributed by atoms with E-state index in [1.165, 1.54) is 31.3 Å². The van der Waals surface area contributed by atoms with E-state index in [0.29, 0.717) is 18.6 Å². The number of imide groups is 1. The molecule has 0 unspecified atom stereocenters. The molecule has 0 bridgehead atoms. The number of carbonyl (C=O) groups is 4. The van der Waals surface area contributed by atoms with Crippen LogP contribution in [0, 0.1) is 0 Å². The van der Waals surface area contributed by atoms with Crippen molar-refractivity contribution in [3.05, 3.63) is 23.8 Å². The molecular weight excluding hydrogens is 378 g/mol. The van der Waals surface area contributed by atoms with Crippen molar-refractivity contribution in [2.45, 2.75) is 37.6 Å². The number of anilines is 1. The van der Waals surface area contributed by atoms with Gasteiger partial charge in [-0.05, 0) is 31.0 Å². The van der Waals surface area contributed by atoms with Gasteiger partial charge in [-0.1, -0.05) is 19.3 Å². The molecule has 3 rings (SSSR count). The van der Waals surface area contributed by atoms with Gasteiger partial charge in [0.15, 0.2) is 0 Å². The van der Waals surface area contributed by atoms with E-state index in [2.05, 4.69) is 5.32 Å². The Kier molecular flexibility index (Phi) is 5.76. The predicted molar refractivity (Wildman–Crippen MR) is 104 cm³/mol. The van der Waals surface area contributed by atoms with Crippen LogP contribution in [-0.2, 0) is 14.3 Å². The first-order chi connectivity index (χ1) is 13.8. The van der Waals surface area contributed by atoms with E-state index in [-0.39, 0.29) is 17.2 Å². The van der Waals surface area contributed by atoms with E-state index in [1.54, 1.807) is 13.1 Å². The molecular formula is C20H25N3O6. The van der Waals surface area contributed by atoms with Gasteiger partial charge in [-0.25, -0.2) is 9.59 Å². The van der Waals surface area contributed by atoms with Crippen LogP contribution in [-0.4, -0.2) is 67.0 Å².